The van der Waals surface area contributed by atoms with Crippen molar-refractivity contribution in [1.82, 2.24) is 0 Å². The van der Waals surface area contributed by atoms with Gasteiger partial charge in [0, 0.05) is 34.1 Å². The zero-order chi connectivity index (χ0) is 70.1. The van der Waals surface area contributed by atoms with E-state index in [1.54, 1.807) is 0 Å². The quantitative estimate of drug-likeness (QED) is 0.0907. The fourth-order valence-electron chi connectivity index (χ4n) is 17.4. The van der Waals surface area contributed by atoms with Gasteiger partial charge < -0.3 is 19.3 Å². The van der Waals surface area contributed by atoms with Crippen molar-refractivity contribution in [2.75, 3.05) is 9.80 Å². The highest BCUT2D eigenvalue weighted by Gasteiger charge is 2.49. The summed E-state index contributed by atoms with van der Waals surface area (Å²) >= 11 is 0. The van der Waals surface area contributed by atoms with Crippen LogP contribution in [0.2, 0.25) is 0 Å². The van der Waals surface area contributed by atoms with E-state index in [9.17, 15) is 0 Å². The minimum atomic E-state index is -0.700. The van der Waals surface area contributed by atoms with Gasteiger partial charge >= 0.3 is 0 Å². The van der Waals surface area contributed by atoms with Gasteiger partial charge in [0.05, 0.1) is 10.8 Å². The van der Waals surface area contributed by atoms with Gasteiger partial charge in [0.1, 0.15) is 23.0 Å². The van der Waals surface area contributed by atoms with Gasteiger partial charge in [-0.3, -0.25) is 0 Å². The fraction of sp³-hybridized carbons (Fsp3) is 0.0588. The second kappa shape index (κ2) is 25.9. The van der Waals surface area contributed by atoms with Crippen LogP contribution in [0.15, 0.2) is 388 Å². The van der Waals surface area contributed by atoms with Crippen LogP contribution in [0.1, 0.15) is 66.8 Å². The van der Waals surface area contributed by atoms with E-state index in [4.69, 9.17) is 9.47 Å². The summed E-state index contributed by atoms with van der Waals surface area (Å²) in [7, 11) is 0. The number of hydrogen-bond donors (Lipinski definition) is 0. The summed E-state index contributed by atoms with van der Waals surface area (Å²) < 4.78 is 13.2. The van der Waals surface area contributed by atoms with Crippen molar-refractivity contribution in [2.45, 2.75) is 36.5 Å². The smallest absolute Gasteiger partial charge is 0.127 e. The molecule has 0 heterocycles. The molecule has 4 nitrogen and oxygen atoms in total. The molecule has 0 radical (unpaired) electrons. The Morgan fingerprint density at radius 1 is 0.189 bits per heavy atom. The van der Waals surface area contributed by atoms with Gasteiger partial charge in [0.15, 0.2) is 0 Å². The average Bonchev–Trinajstić information content (AvgIpc) is 1.56. The normalized spacial score (nSPS) is 15.3. The molecule has 0 saturated carbocycles. The van der Waals surface area contributed by atoms with Gasteiger partial charge in [0.25, 0.3) is 0 Å². The van der Waals surface area contributed by atoms with Crippen molar-refractivity contribution in [3.63, 3.8) is 0 Å². The first-order valence-corrected chi connectivity index (χ1v) is 37.0. The van der Waals surface area contributed by atoms with E-state index in [-0.39, 0.29) is 0 Å². The minimum Gasteiger partial charge on any atom is -0.457 e. The first-order valence-electron chi connectivity index (χ1n) is 37.0. The van der Waals surface area contributed by atoms with Crippen molar-refractivity contribution in [3.05, 3.63) is 455 Å². The van der Waals surface area contributed by atoms with Crippen LogP contribution in [0, 0.1) is 0 Å². The first-order chi connectivity index (χ1) is 52.5. The maximum absolute atomic E-state index is 6.62. The minimum absolute atomic E-state index is 0.700. The number of anilines is 6. The van der Waals surface area contributed by atoms with E-state index in [2.05, 4.69) is 398 Å². The SMILES string of the molecule is c1ccc(-c2ccc3c(c2)C(c2ccccc2)(c2ccc(Oc4ccc5c(c4)CC5)cc2)c2cc(N(c4ccccc4)c4ccc(-c5ccc(N(c6ccccc6)c6ccc7c(c6)C(c6ccccc6)(c6ccc(Oc8ccc9c(c8)CC9)cc6)c6cc(-c8ccccc8)ccc6-7)cc5)cc4)ccc2-3)cc1. The molecule has 16 aromatic carbocycles. The molecule has 0 amide bonds. The van der Waals surface area contributed by atoms with Crippen molar-refractivity contribution in [3.8, 4) is 78.6 Å². The van der Waals surface area contributed by atoms with Crippen LogP contribution in [0.5, 0.6) is 23.0 Å². The van der Waals surface area contributed by atoms with Crippen LogP contribution in [0.3, 0.4) is 0 Å². The largest absolute Gasteiger partial charge is 0.457 e. The third-order valence-electron chi connectivity index (χ3n) is 22.7. The monoisotopic (exact) mass is 1360 g/mol. The van der Waals surface area contributed by atoms with E-state index in [0.29, 0.717) is 0 Å². The van der Waals surface area contributed by atoms with Crippen LogP contribution in [0.25, 0.3) is 55.6 Å². The van der Waals surface area contributed by atoms with E-state index in [0.717, 1.165) is 93.9 Å². The average molecular weight is 1360 g/mol. The third-order valence-corrected chi connectivity index (χ3v) is 22.7. The maximum Gasteiger partial charge on any atom is 0.127 e. The lowest BCUT2D eigenvalue weighted by atomic mass is 9.67. The second-order valence-corrected chi connectivity index (χ2v) is 28.5. The van der Waals surface area contributed by atoms with Crippen molar-refractivity contribution in [2.24, 2.45) is 0 Å². The Labute approximate surface area is 619 Å². The Bertz CT molecular complexity index is 5600. The van der Waals surface area contributed by atoms with Crippen LogP contribution in [0.4, 0.5) is 34.1 Å². The highest BCUT2D eigenvalue weighted by Crippen LogP contribution is 2.61. The summed E-state index contributed by atoms with van der Waals surface area (Å²) in [5.41, 5.74) is 32.1. The Morgan fingerprint density at radius 2 is 0.462 bits per heavy atom. The van der Waals surface area contributed by atoms with E-state index >= 15 is 0 Å². The van der Waals surface area contributed by atoms with Gasteiger partial charge in [-0.1, -0.05) is 255 Å². The molecule has 0 spiro atoms. The van der Waals surface area contributed by atoms with Crippen LogP contribution < -0.4 is 19.3 Å². The van der Waals surface area contributed by atoms with Gasteiger partial charge in [-0.15, -0.1) is 0 Å². The zero-order valence-electron chi connectivity index (χ0n) is 58.5. The predicted molar refractivity (Wildman–Crippen MR) is 435 cm³/mol. The molecule has 2 unspecified atom stereocenters. The number of nitrogens with zero attached hydrogens (tertiary/aromatic N) is 2. The maximum atomic E-state index is 6.62. The van der Waals surface area contributed by atoms with Crippen LogP contribution in [-0.2, 0) is 36.5 Å². The molecule has 16 aromatic rings. The van der Waals surface area contributed by atoms with E-state index in [1.165, 1.54) is 111 Å². The van der Waals surface area contributed by atoms with E-state index < -0.39 is 10.8 Å². The molecule has 4 aliphatic carbocycles. The number of aryl methyl sites for hydroxylation is 4. The van der Waals surface area contributed by atoms with Crippen molar-refractivity contribution < 1.29 is 9.47 Å². The summed E-state index contributed by atoms with van der Waals surface area (Å²) in [6, 6.07) is 143. The molecule has 4 heteroatoms. The topological polar surface area (TPSA) is 24.9 Å². The number of para-hydroxylation sites is 2. The molecule has 0 aromatic heterocycles. The molecule has 0 N–H and O–H groups in total. The highest BCUT2D eigenvalue weighted by molar-refractivity contribution is 5.94. The standard InChI is InChI=1S/C102H72N2O2/c1-7-19-69(20-8-1)77-41-59-93-95-61-51-87(67-99(95)101(97(93)65-77,79-23-11-3-12-24-79)81-43-55-89(56-44-81)105-91-53-39-73-31-33-75(73)63-91)103(83-27-15-5-16-28-83)85-47-35-71(36-48-85)72-37-49-86(50-38-72)104(84-29-17-6-18-30-84)88-52-62-96-94-60-42-78(70-21-9-2-10-22-70)66-98(94)102(100(96)68-88,80-25-13-4-14-26-80)82-45-57-90(58-46-82)106-92-54-40-74-32-34-76(74)64-92/h1-30,35-68H,31-34H2. The lowest BCUT2D eigenvalue weighted by Crippen LogP contribution is -2.29. The molecular weight excluding hydrogens is 1290 g/mol. The molecule has 0 aliphatic heterocycles. The molecule has 0 bridgehead atoms. The molecule has 0 saturated heterocycles. The summed E-state index contributed by atoms with van der Waals surface area (Å²) in [5.74, 6) is 3.37. The molecule has 20 rings (SSSR count). The Balaban J connectivity index is 0.669. The van der Waals surface area contributed by atoms with Crippen LogP contribution in [-0.4, -0.2) is 0 Å². The fourth-order valence-corrected chi connectivity index (χ4v) is 17.4. The lowest BCUT2D eigenvalue weighted by molar-refractivity contribution is 0.480. The Kier molecular flexibility index (Phi) is 15.3. The van der Waals surface area contributed by atoms with Crippen molar-refractivity contribution >= 4 is 34.1 Å². The molecule has 502 valence electrons. The summed E-state index contributed by atoms with van der Waals surface area (Å²) in [6.07, 6.45) is 4.48. The molecule has 2 atom stereocenters. The van der Waals surface area contributed by atoms with Crippen molar-refractivity contribution in [1.29, 1.82) is 0 Å². The van der Waals surface area contributed by atoms with Crippen LogP contribution >= 0.6 is 0 Å². The lowest BCUT2D eigenvalue weighted by Gasteiger charge is -2.35. The first kappa shape index (κ1) is 62.5. The summed E-state index contributed by atoms with van der Waals surface area (Å²) in [6.45, 7) is 0. The summed E-state index contributed by atoms with van der Waals surface area (Å²) in [5, 5.41) is 0. The zero-order valence-corrected chi connectivity index (χ0v) is 58.5. The van der Waals surface area contributed by atoms with Gasteiger partial charge in [-0.2, -0.15) is 0 Å². The molecular formula is C102H72N2O2. The second-order valence-electron chi connectivity index (χ2n) is 28.5. The van der Waals surface area contributed by atoms with Gasteiger partial charge in [-0.05, 0) is 282 Å². The molecule has 0 fully saturated rings. The Morgan fingerprint density at radius 3 is 0.811 bits per heavy atom. The molecule has 4 aliphatic rings. The number of fused-ring (bicyclic) bond motifs is 8. The van der Waals surface area contributed by atoms with Gasteiger partial charge in [-0.25, -0.2) is 0 Å². The molecule has 106 heavy (non-hydrogen) atoms. The predicted octanol–water partition coefficient (Wildman–Crippen LogP) is 26.1. The number of benzene rings is 16. The Hall–Kier alpha value is -13.3. The number of rotatable bonds is 17. The number of hydrogen-bond acceptors (Lipinski definition) is 4. The highest BCUT2D eigenvalue weighted by atomic mass is 16.5. The van der Waals surface area contributed by atoms with Gasteiger partial charge in [0.2, 0.25) is 0 Å². The third kappa shape index (κ3) is 10.6. The van der Waals surface area contributed by atoms with E-state index in [1.807, 2.05) is 0 Å². The summed E-state index contributed by atoms with van der Waals surface area (Å²) in [4.78, 5) is 4.82. The number of ether oxygens (including phenoxy) is 2.